The van der Waals surface area contributed by atoms with Gasteiger partial charge in [0, 0.05) is 24.1 Å². The predicted octanol–water partition coefficient (Wildman–Crippen LogP) is 0.617. The van der Waals surface area contributed by atoms with Gasteiger partial charge >= 0.3 is 0 Å². The van der Waals surface area contributed by atoms with Crippen molar-refractivity contribution in [3.63, 3.8) is 0 Å². The van der Waals surface area contributed by atoms with Crippen LogP contribution in [0.4, 0.5) is 5.69 Å². The van der Waals surface area contributed by atoms with E-state index >= 15 is 0 Å². The third-order valence-corrected chi connectivity index (χ3v) is 2.61. The molecule has 0 radical (unpaired) electrons. The number of nitrogens with two attached hydrogens (primary N) is 1. The number of carbonyl (C=O) groups excluding carboxylic acids is 2. The van der Waals surface area contributed by atoms with Crippen molar-refractivity contribution in [3.05, 3.63) is 23.5 Å². The number of rotatable bonds is 5. The van der Waals surface area contributed by atoms with Gasteiger partial charge in [-0.05, 0) is 26.3 Å². The smallest absolute Gasteiger partial charge is 0.255 e. The van der Waals surface area contributed by atoms with Gasteiger partial charge in [0.05, 0.1) is 5.56 Å². The predicted molar refractivity (Wildman–Crippen MR) is 73.6 cm³/mol. The largest absolute Gasteiger partial charge is 0.398 e. The van der Waals surface area contributed by atoms with Gasteiger partial charge in [-0.15, -0.1) is 0 Å². The zero-order chi connectivity index (χ0) is 14.4. The summed E-state index contributed by atoms with van der Waals surface area (Å²) in [6.07, 6.45) is 2.26. The first kappa shape index (κ1) is 14.9. The van der Waals surface area contributed by atoms with Crippen LogP contribution in [0.3, 0.4) is 0 Å². The fourth-order valence-electron chi connectivity index (χ4n) is 1.51. The number of nitrogens with one attached hydrogen (secondary N) is 2. The second-order valence-electron chi connectivity index (χ2n) is 4.40. The first-order valence-corrected chi connectivity index (χ1v) is 6.26. The second-order valence-corrected chi connectivity index (χ2v) is 4.40. The average molecular weight is 264 g/mol. The van der Waals surface area contributed by atoms with Crippen molar-refractivity contribution >= 4 is 17.5 Å². The molecular formula is C13H20N4O2. The maximum absolute atomic E-state index is 12.0. The molecule has 2 amide bonds. The van der Waals surface area contributed by atoms with E-state index in [1.54, 1.807) is 19.9 Å². The minimum atomic E-state index is -0.611. The molecule has 6 nitrogen and oxygen atoms in total. The Bertz CT molecular complexity index is 474. The fourth-order valence-corrected chi connectivity index (χ4v) is 1.51. The lowest BCUT2D eigenvalue weighted by molar-refractivity contribution is -0.122. The number of carbonyl (C=O) groups is 2. The van der Waals surface area contributed by atoms with Crippen LogP contribution in [0.5, 0.6) is 0 Å². The van der Waals surface area contributed by atoms with E-state index in [2.05, 4.69) is 15.6 Å². The Kier molecular flexibility index (Phi) is 5.29. The Morgan fingerprint density at radius 3 is 2.74 bits per heavy atom. The summed E-state index contributed by atoms with van der Waals surface area (Å²) in [5, 5.41) is 5.31. The van der Waals surface area contributed by atoms with E-state index in [0.29, 0.717) is 12.2 Å². The number of pyridine rings is 1. The van der Waals surface area contributed by atoms with Crippen molar-refractivity contribution in [3.8, 4) is 0 Å². The topological polar surface area (TPSA) is 97.1 Å². The number of hydrogen-bond donors (Lipinski definition) is 3. The van der Waals surface area contributed by atoms with Crippen LogP contribution in [-0.2, 0) is 4.79 Å². The highest BCUT2D eigenvalue weighted by atomic mass is 16.2. The number of aryl methyl sites for hydroxylation is 1. The van der Waals surface area contributed by atoms with Gasteiger partial charge in [-0.3, -0.25) is 14.6 Å². The Balaban J connectivity index is 2.66. The summed E-state index contributed by atoms with van der Waals surface area (Å²) >= 11 is 0. The molecule has 0 aromatic carbocycles. The molecule has 1 atom stereocenters. The number of nitrogen functional groups attached to an aromatic ring is 1. The lowest BCUT2D eigenvalue weighted by Crippen LogP contribution is -2.45. The summed E-state index contributed by atoms with van der Waals surface area (Å²) in [5.74, 6) is -0.613. The third-order valence-electron chi connectivity index (χ3n) is 2.61. The molecule has 19 heavy (non-hydrogen) atoms. The highest BCUT2D eigenvalue weighted by Gasteiger charge is 2.17. The van der Waals surface area contributed by atoms with E-state index in [4.69, 9.17) is 5.73 Å². The molecule has 6 heteroatoms. The zero-order valence-corrected chi connectivity index (χ0v) is 11.5. The summed E-state index contributed by atoms with van der Waals surface area (Å²) in [7, 11) is 0. The van der Waals surface area contributed by atoms with Crippen LogP contribution in [0.1, 0.15) is 36.3 Å². The summed E-state index contributed by atoms with van der Waals surface area (Å²) in [6, 6.07) is 1.01. The molecule has 1 rings (SSSR count). The van der Waals surface area contributed by atoms with Gasteiger partial charge in [-0.25, -0.2) is 0 Å². The SMILES string of the molecule is CCCNC(=O)C(C)NC(=O)c1cnc(C)cc1N. The van der Waals surface area contributed by atoms with Crippen molar-refractivity contribution in [2.24, 2.45) is 0 Å². The molecular weight excluding hydrogens is 244 g/mol. The Morgan fingerprint density at radius 2 is 2.16 bits per heavy atom. The summed E-state index contributed by atoms with van der Waals surface area (Å²) in [6.45, 7) is 5.97. The zero-order valence-electron chi connectivity index (χ0n) is 11.5. The molecule has 0 aliphatic rings. The number of amides is 2. The van der Waals surface area contributed by atoms with Crippen LogP contribution in [0.15, 0.2) is 12.3 Å². The van der Waals surface area contributed by atoms with Crippen LogP contribution >= 0.6 is 0 Å². The number of anilines is 1. The molecule has 0 saturated heterocycles. The quantitative estimate of drug-likeness (QED) is 0.726. The molecule has 0 bridgehead atoms. The second kappa shape index (κ2) is 6.72. The Morgan fingerprint density at radius 1 is 1.47 bits per heavy atom. The van der Waals surface area contributed by atoms with Crippen LogP contribution in [0.2, 0.25) is 0 Å². The normalized spacial score (nSPS) is 11.7. The van der Waals surface area contributed by atoms with Crippen molar-refractivity contribution in [2.75, 3.05) is 12.3 Å². The average Bonchev–Trinajstić information content (AvgIpc) is 2.35. The first-order chi connectivity index (χ1) is 8.95. The van der Waals surface area contributed by atoms with Crippen LogP contribution in [-0.4, -0.2) is 29.4 Å². The first-order valence-electron chi connectivity index (χ1n) is 6.26. The Labute approximate surface area is 112 Å². The van der Waals surface area contributed by atoms with E-state index in [1.165, 1.54) is 6.20 Å². The van der Waals surface area contributed by atoms with Gasteiger partial charge < -0.3 is 16.4 Å². The maximum Gasteiger partial charge on any atom is 0.255 e. The van der Waals surface area contributed by atoms with Crippen molar-refractivity contribution in [2.45, 2.75) is 33.2 Å². The monoisotopic (exact) mass is 264 g/mol. The molecule has 1 heterocycles. The van der Waals surface area contributed by atoms with Crippen molar-refractivity contribution in [1.29, 1.82) is 0 Å². The fraction of sp³-hybridized carbons (Fsp3) is 0.462. The van der Waals surface area contributed by atoms with Crippen molar-refractivity contribution in [1.82, 2.24) is 15.6 Å². The van der Waals surface area contributed by atoms with Crippen LogP contribution in [0, 0.1) is 6.92 Å². The molecule has 1 aromatic heterocycles. The van der Waals surface area contributed by atoms with E-state index in [0.717, 1.165) is 12.1 Å². The molecule has 1 aromatic rings. The van der Waals surface area contributed by atoms with Gasteiger partial charge in [-0.1, -0.05) is 6.92 Å². The molecule has 0 aliphatic heterocycles. The van der Waals surface area contributed by atoms with E-state index < -0.39 is 11.9 Å². The van der Waals surface area contributed by atoms with Crippen LogP contribution < -0.4 is 16.4 Å². The number of hydrogen-bond acceptors (Lipinski definition) is 4. The van der Waals surface area contributed by atoms with Gasteiger partial charge in [0.25, 0.3) is 5.91 Å². The molecule has 1 unspecified atom stereocenters. The minimum absolute atomic E-state index is 0.214. The van der Waals surface area contributed by atoms with E-state index in [9.17, 15) is 9.59 Å². The molecule has 0 spiro atoms. The lowest BCUT2D eigenvalue weighted by Gasteiger charge is -2.14. The molecule has 0 saturated carbocycles. The molecule has 0 aliphatic carbocycles. The molecule has 0 fully saturated rings. The van der Waals surface area contributed by atoms with Gasteiger partial charge in [0.1, 0.15) is 6.04 Å². The Hall–Kier alpha value is -2.11. The number of aromatic nitrogens is 1. The maximum atomic E-state index is 12.0. The van der Waals surface area contributed by atoms with Crippen LogP contribution in [0.25, 0.3) is 0 Å². The molecule has 4 N–H and O–H groups in total. The highest BCUT2D eigenvalue weighted by molar-refractivity contribution is 6.01. The highest BCUT2D eigenvalue weighted by Crippen LogP contribution is 2.11. The van der Waals surface area contributed by atoms with Gasteiger partial charge in [0.15, 0.2) is 0 Å². The van der Waals surface area contributed by atoms with Gasteiger partial charge in [-0.2, -0.15) is 0 Å². The summed E-state index contributed by atoms with van der Waals surface area (Å²) in [5.41, 5.74) is 7.12. The number of nitrogens with zero attached hydrogens (tertiary/aromatic N) is 1. The van der Waals surface area contributed by atoms with E-state index in [1.807, 2.05) is 6.92 Å². The summed E-state index contributed by atoms with van der Waals surface area (Å²) < 4.78 is 0. The third kappa shape index (κ3) is 4.24. The standard InChI is InChI=1S/C13H20N4O2/c1-4-5-15-12(18)9(3)17-13(19)10-7-16-8(2)6-11(10)14/h6-7,9H,4-5H2,1-3H3,(H2,14,16)(H,15,18)(H,17,19). The molecule has 104 valence electrons. The minimum Gasteiger partial charge on any atom is -0.398 e. The lowest BCUT2D eigenvalue weighted by atomic mass is 10.2. The summed E-state index contributed by atoms with van der Waals surface area (Å²) in [4.78, 5) is 27.6. The van der Waals surface area contributed by atoms with Crippen molar-refractivity contribution < 1.29 is 9.59 Å². The van der Waals surface area contributed by atoms with Gasteiger partial charge in [0.2, 0.25) is 5.91 Å². The van der Waals surface area contributed by atoms with E-state index in [-0.39, 0.29) is 11.5 Å².